The SMILES string of the molecule is C=CC1OCC(c2cc3c(c(F)c2F)O/C(=C(\F)C(=C)OCC)C(=C)C3)CO1. The molecule has 3 rings (SSSR count). The van der Waals surface area contributed by atoms with Gasteiger partial charge in [0.15, 0.2) is 29.4 Å². The third-order valence-corrected chi connectivity index (χ3v) is 4.51. The molecule has 0 aliphatic carbocycles. The summed E-state index contributed by atoms with van der Waals surface area (Å²) in [5.41, 5.74) is 0.746. The minimum absolute atomic E-state index is 0.0887. The van der Waals surface area contributed by atoms with Gasteiger partial charge in [0.1, 0.15) is 0 Å². The molecule has 1 fully saturated rings. The minimum atomic E-state index is -1.20. The van der Waals surface area contributed by atoms with Crippen LogP contribution in [0.3, 0.4) is 0 Å². The molecule has 0 aromatic heterocycles. The Hall–Kier alpha value is -2.51. The van der Waals surface area contributed by atoms with E-state index < -0.39 is 29.7 Å². The molecule has 28 heavy (non-hydrogen) atoms. The Labute approximate surface area is 161 Å². The maximum Gasteiger partial charge on any atom is 0.207 e. The lowest BCUT2D eigenvalue weighted by Crippen LogP contribution is -2.30. The molecule has 1 aromatic carbocycles. The van der Waals surface area contributed by atoms with E-state index >= 15 is 0 Å². The molecule has 0 saturated carbocycles. The number of allylic oxidation sites excluding steroid dienone is 2. The summed E-state index contributed by atoms with van der Waals surface area (Å²) in [6.07, 6.45) is 1.00. The number of hydrogen-bond donors (Lipinski definition) is 0. The van der Waals surface area contributed by atoms with Crippen molar-refractivity contribution in [3.05, 3.63) is 77.6 Å². The van der Waals surface area contributed by atoms with Crippen LogP contribution in [0.2, 0.25) is 0 Å². The Bertz CT molecular complexity index is 852. The van der Waals surface area contributed by atoms with Crippen LogP contribution in [-0.4, -0.2) is 26.1 Å². The van der Waals surface area contributed by atoms with Crippen molar-refractivity contribution < 1.29 is 32.1 Å². The topological polar surface area (TPSA) is 36.9 Å². The van der Waals surface area contributed by atoms with E-state index in [-0.39, 0.29) is 54.6 Å². The van der Waals surface area contributed by atoms with Gasteiger partial charge in [0, 0.05) is 17.9 Å². The average Bonchev–Trinajstić information content (AvgIpc) is 2.70. The first-order valence-electron chi connectivity index (χ1n) is 8.81. The zero-order valence-electron chi connectivity index (χ0n) is 15.5. The van der Waals surface area contributed by atoms with Crippen molar-refractivity contribution >= 4 is 0 Å². The maximum absolute atomic E-state index is 14.7. The molecule has 0 N–H and O–H groups in total. The third-order valence-electron chi connectivity index (χ3n) is 4.51. The molecule has 1 aromatic rings. The molecule has 4 nitrogen and oxygen atoms in total. The molecule has 150 valence electrons. The van der Waals surface area contributed by atoms with E-state index in [0.29, 0.717) is 5.56 Å². The Balaban J connectivity index is 1.94. The molecule has 0 amide bonds. The maximum atomic E-state index is 14.7. The second-order valence-electron chi connectivity index (χ2n) is 6.43. The summed E-state index contributed by atoms with van der Waals surface area (Å²) in [4.78, 5) is 0. The van der Waals surface area contributed by atoms with Gasteiger partial charge in [0.25, 0.3) is 0 Å². The summed E-state index contributed by atoms with van der Waals surface area (Å²) in [5, 5.41) is 0. The summed E-state index contributed by atoms with van der Waals surface area (Å²) < 4.78 is 65.1. The molecule has 0 unspecified atom stereocenters. The van der Waals surface area contributed by atoms with Crippen LogP contribution in [0.1, 0.15) is 24.0 Å². The molecule has 0 spiro atoms. The third kappa shape index (κ3) is 3.72. The fraction of sp³-hybridized carbons (Fsp3) is 0.333. The Morgan fingerprint density at radius 2 is 1.96 bits per heavy atom. The summed E-state index contributed by atoms with van der Waals surface area (Å²) in [7, 11) is 0. The van der Waals surface area contributed by atoms with Crippen LogP contribution in [0.25, 0.3) is 0 Å². The predicted molar refractivity (Wildman–Crippen MR) is 97.4 cm³/mol. The molecular formula is C21H21F3O4. The smallest absolute Gasteiger partial charge is 0.207 e. The first-order valence-corrected chi connectivity index (χ1v) is 8.81. The van der Waals surface area contributed by atoms with Gasteiger partial charge in [-0.05, 0) is 30.2 Å². The summed E-state index contributed by atoms with van der Waals surface area (Å²) >= 11 is 0. The zero-order valence-corrected chi connectivity index (χ0v) is 15.5. The van der Waals surface area contributed by atoms with E-state index in [4.69, 9.17) is 18.9 Å². The molecule has 2 aliphatic heterocycles. The Kier molecular flexibility index (Phi) is 5.96. The highest BCUT2D eigenvalue weighted by molar-refractivity contribution is 5.51. The van der Waals surface area contributed by atoms with Gasteiger partial charge in [-0.25, -0.2) is 4.39 Å². The first-order chi connectivity index (χ1) is 13.4. The molecular weight excluding hydrogens is 373 g/mol. The summed E-state index contributed by atoms with van der Waals surface area (Å²) in [6, 6.07) is 1.48. The van der Waals surface area contributed by atoms with Crippen molar-refractivity contribution in [1.29, 1.82) is 0 Å². The van der Waals surface area contributed by atoms with Crippen LogP contribution in [0.15, 0.2) is 54.8 Å². The first kappa shape index (κ1) is 20.2. The molecule has 1 saturated heterocycles. The van der Waals surface area contributed by atoms with Gasteiger partial charge in [0.05, 0.1) is 19.8 Å². The molecule has 2 heterocycles. The van der Waals surface area contributed by atoms with Crippen molar-refractivity contribution in [2.24, 2.45) is 0 Å². The molecule has 2 aliphatic rings. The van der Waals surface area contributed by atoms with Crippen LogP contribution in [0.4, 0.5) is 13.2 Å². The summed E-state index contributed by atoms with van der Waals surface area (Å²) in [6.45, 7) is 13.0. The number of ether oxygens (including phenoxy) is 4. The van der Waals surface area contributed by atoms with Crippen molar-refractivity contribution in [2.75, 3.05) is 19.8 Å². The number of halogens is 3. The average molecular weight is 394 g/mol. The monoisotopic (exact) mass is 394 g/mol. The van der Waals surface area contributed by atoms with Crippen molar-refractivity contribution in [2.45, 2.75) is 25.6 Å². The minimum Gasteiger partial charge on any atom is -0.491 e. The van der Waals surface area contributed by atoms with Crippen LogP contribution < -0.4 is 4.74 Å². The number of rotatable bonds is 5. The summed E-state index contributed by atoms with van der Waals surface area (Å²) in [5.74, 6) is -4.60. The number of hydrogen-bond acceptors (Lipinski definition) is 4. The number of benzene rings is 1. The van der Waals surface area contributed by atoms with Gasteiger partial charge in [0.2, 0.25) is 11.6 Å². The highest BCUT2D eigenvalue weighted by Gasteiger charge is 2.32. The predicted octanol–water partition coefficient (Wildman–Crippen LogP) is 4.83. The van der Waals surface area contributed by atoms with E-state index in [9.17, 15) is 13.2 Å². The van der Waals surface area contributed by atoms with Gasteiger partial charge in [-0.1, -0.05) is 19.7 Å². The van der Waals surface area contributed by atoms with E-state index in [1.54, 1.807) is 6.92 Å². The molecule has 7 heteroatoms. The van der Waals surface area contributed by atoms with Crippen LogP contribution in [0, 0.1) is 11.6 Å². The fourth-order valence-corrected chi connectivity index (χ4v) is 3.11. The molecule has 0 radical (unpaired) electrons. The van der Waals surface area contributed by atoms with Crippen LogP contribution in [-0.2, 0) is 20.6 Å². The van der Waals surface area contributed by atoms with E-state index in [0.717, 1.165) is 0 Å². The number of fused-ring (bicyclic) bond motifs is 1. The van der Waals surface area contributed by atoms with Gasteiger partial charge >= 0.3 is 0 Å². The standard InChI is InChI=1S/C21H21F3O4/c1-5-16-26-9-14(10-27-16)15-8-13-7-11(3)20(17(22)12(4)25-6-2)28-21(13)19(24)18(15)23/h5,8,14,16H,1,3-4,6-7,9-10H2,2H3/b20-17-. The van der Waals surface area contributed by atoms with Crippen molar-refractivity contribution in [3.63, 3.8) is 0 Å². The van der Waals surface area contributed by atoms with E-state index in [1.165, 1.54) is 12.1 Å². The Morgan fingerprint density at radius 3 is 2.57 bits per heavy atom. The molecule has 0 atom stereocenters. The van der Waals surface area contributed by atoms with E-state index in [1.807, 2.05) is 0 Å². The fourth-order valence-electron chi connectivity index (χ4n) is 3.11. The van der Waals surface area contributed by atoms with Crippen molar-refractivity contribution in [1.82, 2.24) is 0 Å². The van der Waals surface area contributed by atoms with Crippen LogP contribution >= 0.6 is 0 Å². The zero-order chi connectivity index (χ0) is 20.4. The largest absolute Gasteiger partial charge is 0.491 e. The highest BCUT2D eigenvalue weighted by atomic mass is 19.2. The Morgan fingerprint density at radius 1 is 1.29 bits per heavy atom. The lowest BCUT2D eigenvalue weighted by molar-refractivity contribution is -0.159. The molecule has 0 bridgehead atoms. The van der Waals surface area contributed by atoms with E-state index in [2.05, 4.69) is 19.7 Å². The van der Waals surface area contributed by atoms with Crippen molar-refractivity contribution in [3.8, 4) is 5.75 Å². The quantitative estimate of drug-likeness (QED) is 0.530. The van der Waals surface area contributed by atoms with Gasteiger partial charge in [-0.2, -0.15) is 8.78 Å². The lowest BCUT2D eigenvalue weighted by Gasteiger charge is -2.30. The van der Waals surface area contributed by atoms with Gasteiger partial charge in [-0.3, -0.25) is 0 Å². The lowest BCUT2D eigenvalue weighted by atomic mass is 9.92. The van der Waals surface area contributed by atoms with Crippen LogP contribution in [0.5, 0.6) is 5.75 Å². The van der Waals surface area contributed by atoms with Gasteiger partial charge < -0.3 is 18.9 Å². The van der Waals surface area contributed by atoms with Gasteiger partial charge in [-0.15, -0.1) is 0 Å². The normalized spacial score (nSPS) is 23.5. The second kappa shape index (κ2) is 8.24. The highest BCUT2D eigenvalue weighted by Crippen LogP contribution is 2.40. The second-order valence-corrected chi connectivity index (χ2v) is 6.43.